The molecule has 7 nitrogen and oxygen atoms in total. The summed E-state index contributed by atoms with van der Waals surface area (Å²) in [5.74, 6) is -0.795. The average Bonchev–Trinajstić information content (AvgIpc) is 2.90. The number of nitrogens with one attached hydrogen (secondary N) is 1. The monoisotopic (exact) mass is 599 g/mol. The number of hydrogen-bond acceptors (Lipinski definition) is 4. The number of sulfonamides is 1. The Bertz CT molecular complexity index is 1360. The Balaban J connectivity index is 2.06. The van der Waals surface area contributed by atoms with Crippen molar-refractivity contribution in [3.8, 4) is 0 Å². The second-order valence-electron chi connectivity index (χ2n) is 9.30. The predicted molar refractivity (Wildman–Crippen MR) is 154 cm³/mol. The van der Waals surface area contributed by atoms with Crippen LogP contribution in [0, 0.1) is 0 Å². The smallest absolute Gasteiger partial charge is 0.264 e. The van der Waals surface area contributed by atoms with E-state index in [4.69, 9.17) is 0 Å². The number of carbonyl (C=O) groups is 2. The first-order valence-corrected chi connectivity index (χ1v) is 14.8. The molecular weight excluding hydrogens is 566 g/mol. The fourth-order valence-corrected chi connectivity index (χ4v) is 6.03. The lowest BCUT2D eigenvalue weighted by atomic mass is 10.1. The van der Waals surface area contributed by atoms with Crippen molar-refractivity contribution in [2.45, 2.75) is 57.6 Å². The fourth-order valence-electron chi connectivity index (χ4n) is 4.11. The highest BCUT2D eigenvalue weighted by Gasteiger charge is 2.33. The van der Waals surface area contributed by atoms with E-state index in [0.29, 0.717) is 12.1 Å². The number of benzene rings is 3. The Kier molecular flexibility index (Phi) is 10.1. The summed E-state index contributed by atoms with van der Waals surface area (Å²) < 4.78 is 29.8. The highest BCUT2D eigenvalue weighted by Crippen LogP contribution is 2.28. The van der Waals surface area contributed by atoms with Crippen LogP contribution >= 0.6 is 15.9 Å². The molecule has 0 bridgehead atoms. The van der Waals surface area contributed by atoms with Gasteiger partial charge in [0.05, 0.1) is 10.6 Å². The minimum atomic E-state index is -4.08. The molecule has 0 unspecified atom stereocenters. The number of para-hydroxylation sites is 1. The molecule has 0 fully saturated rings. The largest absolute Gasteiger partial charge is 0.352 e. The molecule has 9 heteroatoms. The Morgan fingerprint density at radius 3 is 2.21 bits per heavy atom. The molecule has 3 rings (SSSR count). The van der Waals surface area contributed by atoms with Crippen molar-refractivity contribution in [3.63, 3.8) is 0 Å². The summed E-state index contributed by atoms with van der Waals surface area (Å²) in [5.41, 5.74) is 2.04. The Morgan fingerprint density at radius 2 is 1.58 bits per heavy atom. The second kappa shape index (κ2) is 13.1. The molecule has 0 heterocycles. The van der Waals surface area contributed by atoms with Crippen LogP contribution in [0.25, 0.3) is 0 Å². The summed E-state index contributed by atoms with van der Waals surface area (Å²) in [4.78, 5) is 28.5. The number of anilines is 1. The highest BCUT2D eigenvalue weighted by atomic mass is 79.9. The van der Waals surface area contributed by atoms with Crippen LogP contribution in [0.15, 0.2) is 88.2 Å². The standard InChI is InChI=1S/C29H34BrN3O4S/c1-5-24-13-9-10-17-27(24)33(38(36,37)26-15-7-6-8-16-26)20-28(34)32(22(4)29(35)31-21(2)3)19-23-12-11-14-25(30)18-23/h6-18,21-22H,5,19-20H2,1-4H3,(H,31,35)/t22-/m0/s1. The van der Waals surface area contributed by atoms with Crippen molar-refractivity contribution in [1.29, 1.82) is 0 Å². The molecule has 0 aromatic heterocycles. The molecule has 0 aliphatic carbocycles. The molecular formula is C29H34BrN3O4S. The first-order valence-electron chi connectivity index (χ1n) is 12.5. The lowest BCUT2D eigenvalue weighted by molar-refractivity contribution is -0.139. The quantitative estimate of drug-likeness (QED) is 0.330. The summed E-state index contributed by atoms with van der Waals surface area (Å²) in [7, 11) is -4.08. The average molecular weight is 601 g/mol. The molecule has 0 aliphatic heterocycles. The van der Waals surface area contributed by atoms with Gasteiger partial charge in [-0.3, -0.25) is 13.9 Å². The zero-order valence-electron chi connectivity index (χ0n) is 22.1. The minimum Gasteiger partial charge on any atom is -0.352 e. The number of aryl methyl sites for hydroxylation is 1. The highest BCUT2D eigenvalue weighted by molar-refractivity contribution is 9.10. The van der Waals surface area contributed by atoms with Crippen LogP contribution in [0.4, 0.5) is 5.69 Å². The predicted octanol–water partition coefficient (Wildman–Crippen LogP) is 5.15. The molecule has 202 valence electrons. The van der Waals surface area contributed by atoms with Crippen LogP contribution in [0.5, 0.6) is 0 Å². The molecule has 3 aromatic rings. The third kappa shape index (κ3) is 7.23. The zero-order chi connectivity index (χ0) is 27.9. The van der Waals surface area contributed by atoms with Crippen molar-refractivity contribution in [1.82, 2.24) is 10.2 Å². The van der Waals surface area contributed by atoms with Crippen LogP contribution in [0.3, 0.4) is 0 Å². The van der Waals surface area contributed by atoms with Gasteiger partial charge >= 0.3 is 0 Å². The van der Waals surface area contributed by atoms with Crippen molar-refractivity contribution < 1.29 is 18.0 Å². The maximum absolute atomic E-state index is 14.0. The molecule has 1 N–H and O–H groups in total. The van der Waals surface area contributed by atoms with Gasteiger partial charge < -0.3 is 10.2 Å². The van der Waals surface area contributed by atoms with E-state index in [2.05, 4.69) is 21.2 Å². The van der Waals surface area contributed by atoms with Gasteiger partial charge in [0.1, 0.15) is 12.6 Å². The van der Waals surface area contributed by atoms with E-state index >= 15 is 0 Å². The molecule has 38 heavy (non-hydrogen) atoms. The molecule has 2 amide bonds. The van der Waals surface area contributed by atoms with Gasteiger partial charge in [0.25, 0.3) is 10.0 Å². The molecule has 3 aromatic carbocycles. The van der Waals surface area contributed by atoms with Crippen LogP contribution < -0.4 is 9.62 Å². The first-order chi connectivity index (χ1) is 18.0. The van der Waals surface area contributed by atoms with E-state index in [9.17, 15) is 18.0 Å². The van der Waals surface area contributed by atoms with Gasteiger partial charge in [0.2, 0.25) is 11.8 Å². The van der Waals surface area contributed by atoms with E-state index in [-0.39, 0.29) is 23.4 Å². The number of hydrogen-bond donors (Lipinski definition) is 1. The van der Waals surface area contributed by atoms with Crippen molar-refractivity contribution in [3.05, 3.63) is 94.5 Å². The second-order valence-corrected chi connectivity index (χ2v) is 12.1. The van der Waals surface area contributed by atoms with Gasteiger partial charge in [-0.1, -0.05) is 71.4 Å². The maximum Gasteiger partial charge on any atom is 0.264 e. The molecule has 0 radical (unpaired) electrons. The summed E-state index contributed by atoms with van der Waals surface area (Å²) in [6.07, 6.45) is 0.583. The summed E-state index contributed by atoms with van der Waals surface area (Å²) in [6.45, 7) is 6.97. The summed E-state index contributed by atoms with van der Waals surface area (Å²) >= 11 is 3.46. The van der Waals surface area contributed by atoms with E-state index < -0.39 is 28.5 Å². The van der Waals surface area contributed by atoms with Crippen LogP contribution in [-0.4, -0.2) is 43.8 Å². The normalized spacial score (nSPS) is 12.2. The van der Waals surface area contributed by atoms with Gasteiger partial charge in [-0.05, 0) is 68.7 Å². The molecule has 0 aliphatic rings. The molecule has 0 saturated carbocycles. The van der Waals surface area contributed by atoms with Crippen molar-refractivity contribution in [2.75, 3.05) is 10.8 Å². The SMILES string of the molecule is CCc1ccccc1N(CC(=O)N(Cc1cccc(Br)c1)[C@@H](C)C(=O)NC(C)C)S(=O)(=O)c1ccccc1. The molecule has 1 atom stereocenters. The van der Waals surface area contributed by atoms with Crippen LogP contribution in [-0.2, 0) is 32.6 Å². The van der Waals surface area contributed by atoms with E-state index in [1.54, 1.807) is 37.3 Å². The number of nitrogens with zero attached hydrogens (tertiary/aromatic N) is 2. The summed E-state index contributed by atoms with van der Waals surface area (Å²) in [6, 6.07) is 21.7. The minimum absolute atomic E-state index is 0.0860. The zero-order valence-corrected chi connectivity index (χ0v) is 24.5. The van der Waals surface area contributed by atoms with Gasteiger partial charge in [-0.25, -0.2) is 8.42 Å². The maximum atomic E-state index is 14.0. The molecule has 0 saturated heterocycles. The Labute approximate surface area is 234 Å². The third-order valence-corrected chi connectivity index (χ3v) is 8.36. The summed E-state index contributed by atoms with van der Waals surface area (Å²) in [5, 5.41) is 2.86. The number of halogens is 1. The van der Waals surface area contributed by atoms with E-state index in [1.165, 1.54) is 17.0 Å². The van der Waals surface area contributed by atoms with Gasteiger partial charge in [-0.2, -0.15) is 0 Å². The molecule has 0 spiro atoms. The van der Waals surface area contributed by atoms with Gasteiger partial charge in [0, 0.05) is 17.1 Å². The number of rotatable bonds is 11. The topological polar surface area (TPSA) is 86.8 Å². The lowest BCUT2D eigenvalue weighted by Gasteiger charge is -2.33. The number of carbonyl (C=O) groups excluding carboxylic acids is 2. The van der Waals surface area contributed by atoms with Gasteiger partial charge in [-0.15, -0.1) is 0 Å². The van der Waals surface area contributed by atoms with E-state index in [0.717, 1.165) is 19.9 Å². The Hall–Kier alpha value is -3.17. The van der Waals surface area contributed by atoms with Gasteiger partial charge in [0.15, 0.2) is 0 Å². The fraction of sp³-hybridized carbons (Fsp3) is 0.310. The number of amides is 2. The first kappa shape index (κ1) is 29.4. The van der Waals surface area contributed by atoms with Crippen LogP contribution in [0.1, 0.15) is 38.8 Å². The lowest BCUT2D eigenvalue weighted by Crippen LogP contribution is -2.52. The Morgan fingerprint density at radius 1 is 0.921 bits per heavy atom. The van der Waals surface area contributed by atoms with Crippen LogP contribution in [0.2, 0.25) is 0 Å². The van der Waals surface area contributed by atoms with Crippen molar-refractivity contribution >= 4 is 43.5 Å². The third-order valence-electron chi connectivity index (χ3n) is 6.09. The van der Waals surface area contributed by atoms with E-state index in [1.807, 2.05) is 57.2 Å². The van der Waals surface area contributed by atoms with Crippen molar-refractivity contribution in [2.24, 2.45) is 0 Å².